The Labute approximate surface area is 154 Å². The zero-order valence-corrected chi connectivity index (χ0v) is 15.1. The van der Waals surface area contributed by atoms with Gasteiger partial charge in [-0.3, -0.25) is 0 Å². The molecular weight excluding hydrogens is 326 g/mol. The van der Waals surface area contributed by atoms with Crippen LogP contribution < -0.4 is 0 Å². The number of benzene rings is 3. The maximum atomic E-state index is 14.6. The summed E-state index contributed by atoms with van der Waals surface area (Å²) in [5.41, 5.74) is 3.65. The van der Waals surface area contributed by atoms with Crippen molar-refractivity contribution < 1.29 is 8.78 Å². The minimum absolute atomic E-state index is 0.319. The van der Waals surface area contributed by atoms with Crippen molar-refractivity contribution >= 4 is 0 Å². The van der Waals surface area contributed by atoms with Crippen LogP contribution in [-0.2, 0) is 6.42 Å². The maximum Gasteiger partial charge on any atom is 0.166 e. The smallest absolute Gasteiger partial charge is 0.166 e. The highest BCUT2D eigenvalue weighted by Gasteiger charge is 2.14. The highest BCUT2D eigenvalue weighted by molar-refractivity contribution is 5.71. The van der Waals surface area contributed by atoms with Crippen LogP contribution in [0.4, 0.5) is 8.78 Å². The predicted octanol–water partition coefficient (Wildman–Crippen LogP) is 7.42. The second-order valence-corrected chi connectivity index (χ2v) is 6.65. The van der Waals surface area contributed by atoms with Crippen molar-refractivity contribution in [3.8, 4) is 22.3 Å². The molecule has 0 aliphatic carbocycles. The highest BCUT2D eigenvalue weighted by Crippen LogP contribution is 2.29. The van der Waals surface area contributed by atoms with Gasteiger partial charge in [0.05, 0.1) is 0 Å². The van der Waals surface area contributed by atoms with Crippen molar-refractivity contribution in [1.29, 1.82) is 0 Å². The Morgan fingerprint density at radius 3 is 1.96 bits per heavy atom. The molecule has 0 aliphatic rings. The molecule has 26 heavy (non-hydrogen) atoms. The summed E-state index contributed by atoms with van der Waals surface area (Å²) in [6.45, 7) is 2.14. The molecule has 2 heteroatoms. The molecule has 0 saturated heterocycles. The normalized spacial score (nSPS) is 10.9. The molecule has 0 fully saturated rings. The summed E-state index contributed by atoms with van der Waals surface area (Å²) in [5, 5.41) is 0. The summed E-state index contributed by atoms with van der Waals surface area (Å²) in [7, 11) is 0. The van der Waals surface area contributed by atoms with Gasteiger partial charge in [0.1, 0.15) is 0 Å². The third kappa shape index (κ3) is 4.19. The fraction of sp³-hybridized carbons (Fsp3) is 0.250. The van der Waals surface area contributed by atoms with Crippen LogP contribution in [0.25, 0.3) is 22.3 Å². The van der Waals surface area contributed by atoms with E-state index in [0.29, 0.717) is 23.1 Å². The first-order valence-electron chi connectivity index (χ1n) is 9.33. The van der Waals surface area contributed by atoms with E-state index in [9.17, 15) is 8.78 Å². The van der Waals surface area contributed by atoms with Gasteiger partial charge in [-0.25, -0.2) is 8.78 Å². The van der Waals surface area contributed by atoms with E-state index in [1.165, 1.54) is 0 Å². The third-order valence-corrected chi connectivity index (χ3v) is 4.76. The van der Waals surface area contributed by atoms with Crippen molar-refractivity contribution in [2.75, 3.05) is 0 Å². The lowest BCUT2D eigenvalue weighted by Crippen LogP contribution is -1.97. The first-order valence-corrected chi connectivity index (χ1v) is 9.33. The van der Waals surface area contributed by atoms with Crippen molar-refractivity contribution in [3.63, 3.8) is 0 Å². The van der Waals surface area contributed by atoms with Gasteiger partial charge in [0.2, 0.25) is 0 Å². The topological polar surface area (TPSA) is 0 Å². The van der Waals surface area contributed by atoms with E-state index in [-0.39, 0.29) is 0 Å². The van der Waals surface area contributed by atoms with Gasteiger partial charge in [-0.15, -0.1) is 0 Å². The van der Waals surface area contributed by atoms with Crippen molar-refractivity contribution in [3.05, 3.63) is 83.9 Å². The summed E-state index contributed by atoms with van der Waals surface area (Å²) < 4.78 is 29.0. The standard InChI is InChI=1S/C24H24F2/c1-2-3-4-6-11-21-16-17-22(24(26)23(21)25)20-14-12-19(13-15-20)18-9-7-5-8-10-18/h5,7-10,12-17H,2-4,6,11H2,1H3. The molecule has 0 aliphatic heterocycles. The summed E-state index contributed by atoms with van der Waals surface area (Å²) in [5.74, 6) is -1.45. The molecule has 3 aromatic rings. The van der Waals surface area contributed by atoms with Gasteiger partial charge in [-0.1, -0.05) is 92.9 Å². The van der Waals surface area contributed by atoms with E-state index in [1.807, 2.05) is 54.6 Å². The molecule has 3 rings (SSSR count). The van der Waals surface area contributed by atoms with E-state index < -0.39 is 11.6 Å². The van der Waals surface area contributed by atoms with Crippen molar-refractivity contribution in [2.24, 2.45) is 0 Å². The molecular formula is C24H24F2. The average molecular weight is 350 g/mol. The lowest BCUT2D eigenvalue weighted by atomic mass is 9.97. The van der Waals surface area contributed by atoms with Crippen molar-refractivity contribution in [1.82, 2.24) is 0 Å². The minimum Gasteiger partial charge on any atom is -0.203 e. The van der Waals surface area contributed by atoms with Gasteiger partial charge < -0.3 is 0 Å². The van der Waals surface area contributed by atoms with Gasteiger partial charge in [-0.2, -0.15) is 0 Å². The van der Waals surface area contributed by atoms with E-state index >= 15 is 0 Å². The Kier molecular flexibility index (Phi) is 6.17. The number of hydrogen-bond acceptors (Lipinski definition) is 0. The SMILES string of the molecule is CCCCCCc1ccc(-c2ccc(-c3ccccc3)cc2)c(F)c1F. The molecule has 0 nitrogen and oxygen atoms in total. The van der Waals surface area contributed by atoms with Gasteiger partial charge >= 0.3 is 0 Å². The number of hydrogen-bond donors (Lipinski definition) is 0. The van der Waals surface area contributed by atoms with Crippen LogP contribution in [-0.4, -0.2) is 0 Å². The lowest BCUT2D eigenvalue weighted by molar-refractivity contribution is 0.498. The Balaban J connectivity index is 1.80. The fourth-order valence-electron chi connectivity index (χ4n) is 3.22. The second-order valence-electron chi connectivity index (χ2n) is 6.65. The van der Waals surface area contributed by atoms with Gasteiger partial charge in [0.15, 0.2) is 11.6 Å². The largest absolute Gasteiger partial charge is 0.203 e. The molecule has 0 saturated carbocycles. The quantitative estimate of drug-likeness (QED) is 0.389. The van der Waals surface area contributed by atoms with Crippen LogP contribution in [0.5, 0.6) is 0 Å². The van der Waals surface area contributed by atoms with Crippen LogP contribution in [0.1, 0.15) is 38.2 Å². The van der Waals surface area contributed by atoms with Gasteiger partial charge in [-0.05, 0) is 35.1 Å². The monoisotopic (exact) mass is 350 g/mol. The Morgan fingerprint density at radius 1 is 0.615 bits per heavy atom. The molecule has 0 aromatic heterocycles. The zero-order chi connectivity index (χ0) is 18.4. The van der Waals surface area contributed by atoms with Crippen LogP contribution in [0.3, 0.4) is 0 Å². The minimum atomic E-state index is -0.745. The Hall–Kier alpha value is -2.48. The Bertz CT molecular complexity index is 836. The molecule has 0 atom stereocenters. The zero-order valence-electron chi connectivity index (χ0n) is 15.1. The molecule has 0 bridgehead atoms. The number of halogens is 2. The average Bonchev–Trinajstić information content (AvgIpc) is 2.69. The summed E-state index contributed by atoms with van der Waals surface area (Å²) in [4.78, 5) is 0. The van der Waals surface area contributed by atoms with E-state index in [1.54, 1.807) is 12.1 Å². The fourth-order valence-corrected chi connectivity index (χ4v) is 3.22. The van der Waals surface area contributed by atoms with Gasteiger partial charge in [0, 0.05) is 5.56 Å². The van der Waals surface area contributed by atoms with E-state index in [0.717, 1.165) is 36.8 Å². The number of unbranched alkanes of at least 4 members (excludes halogenated alkanes) is 3. The van der Waals surface area contributed by atoms with Crippen LogP contribution in [0.2, 0.25) is 0 Å². The van der Waals surface area contributed by atoms with Crippen LogP contribution in [0.15, 0.2) is 66.7 Å². The molecule has 3 aromatic carbocycles. The highest BCUT2D eigenvalue weighted by atomic mass is 19.2. The molecule has 134 valence electrons. The summed E-state index contributed by atoms with van der Waals surface area (Å²) in [6, 6.07) is 21.0. The predicted molar refractivity (Wildman–Crippen MR) is 105 cm³/mol. The summed E-state index contributed by atoms with van der Waals surface area (Å²) >= 11 is 0. The van der Waals surface area contributed by atoms with E-state index in [2.05, 4.69) is 6.92 Å². The number of aryl methyl sites for hydroxylation is 1. The molecule has 0 N–H and O–H groups in total. The molecule has 0 heterocycles. The molecule has 0 unspecified atom stereocenters. The van der Waals surface area contributed by atoms with Gasteiger partial charge in [0.25, 0.3) is 0 Å². The van der Waals surface area contributed by atoms with E-state index in [4.69, 9.17) is 0 Å². The Morgan fingerprint density at radius 2 is 1.27 bits per heavy atom. The second kappa shape index (κ2) is 8.75. The maximum absolute atomic E-state index is 14.6. The molecule has 0 spiro atoms. The first-order chi connectivity index (χ1) is 12.7. The first kappa shape index (κ1) is 18.3. The molecule has 0 amide bonds. The third-order valence-electron chi connectivity index (χ3n) is 4.76. The number of rotatable bonds is 7. The van der Waals surface area contributed by atoms with Crippen molar-refractivity contribution in [2.45, 2.75) is 39.0 Å². The lowest BCUT2D eigenvalue weighted by Gasteiger charge is -2.10. The van der Waals surface area contributed by atoms with Crippen LogP contribution >= 0.6 is 0 Å². The summed E-state index contributed by atoms with van der Waals surface area (Å²) in [6.07, 6.45) is 4.82. The van der Waals surface area contributed by atoms with Crippen LogP contribution in [0, 0.1) is 11.6 Å². The molecule has 0 radical (unpaired) electrons.